The van der Waals surface area contributed by atoms with Crippen molar-refractivity contribution < 1.29 is 8.42 Å². The summed E-state index contributed by atoms with van der Waals surface area (Å²) in [7, 11) is -1.82. The number of nitrogens with one attached hydrogen (secondary N) is 2. The van der Waals surface area contributed by atoms with Crippen molar-refractivity contribution in [2.24, 2.45) is 5.92 Å². The van der Waals surface area contributed by atoms with Gasteiger partial charge in [-0.2, -0.15) is 9.40 Å². The van der Waals surface area contributed by atoms with Crippen molar-refractivity contribution in [3.8, 4) is 0 Å². The van der Waals surface area contributed by atoms with E-state index in [0.29, 0.717) is 34.2 Å². The smallest absolute Gasteiger partial charge is 0.261 e. The molecule has 0 unspecified atom stereocenters. The molecule has 3 heterocycles. The van der Waals surface area contributed by atoms with Gasteiger partial charge in [0.15, 0.2) is 5.82 Å². The molecule has 0 spiro atoms. The largest absolute Gasteiger partial charge is 0.338 e. The van der Waals surface area contributed by atoms with Gasteiger partial charge in [0.2, 0.25) is 10.0 Å². The number of aromatic amines is 1. The Bertz CT molecular complexity index is 1220. The van der Waals surface area contributed by atoms with Gasteiger partial charge in [0.25, 0.3) is 5.56 Å². The number of pyridine rings is 1. The third-order valence-electron chi connectivity index (χ3n) is 5.21. The van der Waals surface area contributed by atoms with E-state index in [-0.39, 0.29) is 5.56 Å². The summed E-state index contributed by atoms with van der Waals surface area (Å²) in [5.41, 5.74) is 2.05. The Morgan fingerprint density at radius 1 is 1.30 bits per heavy atom. The van der Waals surface area contributed by atoms with Crippen molar-refractivity contribution in [1.82, 2.24) is 19.1 Å². The first kappa shape index (κ1) is 16.5. The molecule has 9 heteroatoms. The van der Waals surface area contributed by atoms with Gasteiger partial charge < -0.3 is 10.3 Å². The van der Waals surface area contributed by atoms with Gasteiger partial charge >= 0.3 is 0 Å². The molecule has 140 valence electrons. The van der Waals surface area contributed by atoms with Gasteiger partial charge in [-0.25, -0.2) is 8.42 Å². The lowest BCUT2D eigenvalue weighted by atomic mass is 10.2. The molecule has 3 aromatic rings. The highest BCUT2D eigenvalue weighted by atomic mass is 32.2. The van der Waals surface area contributed by atoms with Gasteiger partial charge in [-0.05, 0) is 48.6 Å². The summed E-state index contributed by atoms with van der Waals surface area (Å²) in [5, 5.41) is 8.35. The minimum Gasteiger partial charge on any atom is -0.338 e. The molecule has 2 aromatic heterocycles. The van der Waals surface area contributed by atoms with E-state index in [9.17, 15) is 13.2 Å². The first-order chi connectivity index (χ1) is 12.9. The SMILES string of the molecule is CN1Cc2cc(Nc3nn(CC4CC4)c4cc[nH]c(=O)c34)ccc2S1(=O)=O. The van der Waals surface area contributed by atoms with Crippen LogP contribution in [0.3, 0.4) is 0 Å². The fourth-order valence-corrected chi connectivity index (χ4v) is 4.91. The van der Waals surface area contributed by atoms with E-state index in [2.05, 4.69) is 15.4 Å². The van der Waals surface area contributed by atoms with Crippen molar-refractivity contribution in [2.45, 2.75) is 30.8 Å². The van der Waals surface area contributed by atoms with Crippen LogP contribution in [0, 0.1) is 5.92 Å². The molecule has 2 N–H and O–H groups in total. The Hall–Kier alpha value is -2.65. The van der Waals surface area contributed by atoms with E-state index < -0.39 is 10.0 Å². The van der Waals surface area contributed by atoms with E-state index in [1.54, 1.807) is 31.4 Å². The zero-order valence-electron chi connectivity index (χ0n) is 14.8. The fourth-order valence-electron chi connectivity index (χ4n) is 3.57. The maximum Gasteiger partial charge on any atom is 0.261 e. The highest BCUT2D eigenvalue weighted by Gasteiger charge is 2.31. The predicted molar refractivity (Wildman–Crippen MR) is 101 cm³/mol. The number of nitrogens with zero attached hydrogens (tertiary/aromatic N) is 3. The van der Waals surface area contributed by atoms with Gasteiger partial charge in [-0.3, -0.25) is 9.48 Å². The topological polar surface area (TPSA) is 100 Å². The van der Waals surface area contributed by atoms with E-state index in [0.717, 1.165) is 17.6 Å². The number of sulfonamides is 1. The number of hydrogen-bond donors (Lipinski definition) is 2. The van der Waals surface area contributed by atoms with Gasteiger partial charge in [0.1, 0.15) is 5.39 Å². The Kier molecular flexibility index (Phi) is 3.47. The summed E-state index contributed by atoms with van der Waals surface area (Å²) >= 11 is 0. The number of H-pyrrole nitrogens is 1. The average Bonchev–Trinajstić information content (AvgIpc) is 3.32. The van der Waals surface area contributed by atoms with Crippen LogP contribution < -0.4 is 10.9 Å². The van der Waals surface area contributed by atoms with Crippen LogP contribution in [0.1, 0.15) is 18.4 Å². The fraction of sp³-hybridized carbons (Fsp3) is 0.333. The van der Waals surface area contributed by atoms with Crippen molar-refractivity contribution in [3.05, 3.63) is 46.4 Å². The molecule has 2 aliphatic rings. The van der Waals surface area contributed by atoms with Gasteiger partial charge in [0, 0.05) is 32.0 Å². The average molecular weight is 385 g/mol. The summed E-state index contributed by atoms with van der Waals surface area (Å²) in [5.74, 6) is 1.11. The normalized spacial score (nSPS) is 18.7. The highest BCUT2D eigenvalue weighted by molar-refractivity contribution is 7.89. The zero-order valence-corrected chi connectivity index (χ0v) is 15.6. The van der Waals surface area contributed by atoms with Crippen LogP contribution in [-0.2, 0) is 23.1 Å². The van der Waals surface area contributed by atoms with Gasteiger partial charge in [-0.1, -0.05) is 0 Å². The molecule has 0 atom stereocenters. The van der Waals surface area contributed by atoms with Crippen molar-refractivity contribution in [1.29, 1.82) is 0 Å². The molecule has 0 radical (unpaired) electrons. The molecule has 0 bridgehead atoms. The van der Waals surface area contributed by atoms with Crippen LogP contribution in [0.2, 0.25) is 0 Å². The Morgan fingerprint density at radius 2 is 2.11 bits per heavy atom. The Labute approximate surface area is 155 Å². The number of benzene rings is 1. The first-order valence-electron chi connectivity index (χ1n) is 8.88. The van der Waals surface area contributed by atoms with Crippen LogP contribution >= 0.6 is 0 Å². The Morgan fingerprint density at radius 3 is 2.89 bits per heavy atom. The van der Waals surface area contributed by atoms with E-state index in [1.807, 2.05) is 10.7 Å². The maximum absolute atomic E-state index is 12.4. The van der Waals surface area contributed by atoms with Crippen LogP contribution in [-0.4, -0.2) is 34.5 Å². The molecular formula is C18H19N5O3S. The predicted octanol–water partition coefficient (Wildman–Crippen LogP) is 2.01. The summed E-state index contributed by atoms with van der Waals surface area (Å²) in [6.45, 7) is 1.14. The van der Waals surface area contributed by atoms with Crippen LogP contribution in [0.4, 0.5) is 11.5 Å². The third kappa shape index (κ3) is 2.65. The molecule has 1 aliphatic carbocycles. The number of aromatic nitrogens is 3. The van der Waals surface area contributed by atoms with Crippen LogP contribution in [0.15, 0.2) is 40.2 Å². The maximum atomic E-state index is 12.4. The van der Waals surface area contributed by atoms with Crippen molar-refractivity contribution in [3.63, 3.8) is 0 Å². The molecule has 0 amide bonds. The molecule has 8 nitrogen and oxygen atoms in total. The molecule has 1 aliphatic heterocycles. The monoisotopic (exact) mass is 385 g/mol. The molecule has 0 saturated heterocycles. The second-order valence-corrected chi connectivity index (χ2v) is 9.26. The van der Waals surface area contributed by atoms with E-state index in [4.69, 9.17) is 0 Å². The number of rotatable bonds is 4. The highest BCUT2D eigenvalue weighted by Crippen LogP contribution is 2.34. The van der Waals surface area contributed by atoms with E-state index >= 15 is 0 Å². The summed E-state index contributed by atoms with van der Waals surface area (Å²) in [6, 6.07) is 6.98. The number of fused-ring (bicyclic) bond motifs is 2. The Balaban J connectivity index is 1.56. The van der Waals surface area contributed by atoms with E-state index in [1.165, 1.54) is 17.1 Å². The minimum atomic E-state index is -3.39. The molecular weight excluding hydrogens is 366 g/mol. The summed E-state index contributed by atoms with van der Waals surface area (Å²) in [6.07, 6.45) is 4.02. The zero-order chi connectivity index (χ0) is 18.8. The van der Waals surface area contributed by atoms with Gasteiger partial charge in [-0.15, -0.1) is 0 Å². The molecule has 27 heavy (non-hydrogen) atoms. The molecule has 1 fully saturated rings. The lowest BCUT2D eigenvalue weighted by Gasteiger charge is -2.05. The second kappa shape index (κ2) is 5.67. The standard InChI is InChI=1S/C18H19N5O3S/c1-22-10-12-8-13(4-5-15(12)27(22,25)26)20-17-16-14(6-7-19-18(16)24)23(21-17)9-11-2-3-11/h4-8,11H,2-3,9-10H2,1H3,(H,19,24)(H,20,21). The second-order valence-electron chi connectivity index (χ2n) is 7.25. The third-order valence-corrected chi connectivity index (χ3v) is 7.11. The molecule has 1 aromatic carbocycles. The lowest BCUT2D eigenvalue weighted by Crippen LogP contribution is -2.18. The molecule has 1 saturated carbocycles. The van der Waals surface area contributed by atoms with Crippen LogP contribution in [0.5, 0.6) is 0 Å². The lowest BCUT2D eigenvalue weighted by molar-refractivity contribution is 0.488. The minimum absolute atomic E-state index is 0.194. The van der Waals surface area contributed by atoms with Gasteiger partial charge in [0.05, 0.1) is 10.4 Å². The quantitative estimate of drug-likeness (QED) is 0.716. The first-order valence-corrected chi connectivity index (χ1v) is 10.3. The van der Waals surface area contributed by atoms with Crippen molar-refractivity contribution >= 4 is 32.4 Å². The van der Waals surface area contributed by atoms with Crippen LogP contribution in [0.25, 0.3) is 10.9 Å². The molecule has 5 rings (SSSR count). The van der Waals surface area contributed by atoms with Crippen molar-refractivity contribution in [2.75, 3.05) is 12.4 Å². The number of hydrogen-bond acceptors (Lipinski definition) is 5. The summed E-state index contributed by atoms with van der Waals surface area (Å²) in [4.78, 5) is 15.4. The number of anilines is 2. The summed E-state index contributed by atoms with van der Waals surface area (Å²) < 4.78 is 27.7.